The number of fused-ring (bicyclic) bond motifs is 1. The van der Waals surface area contributed by atoms with Crippen LogP contribution in [0.5, 0.6) is 5.75 Å². The van der Waals surface area contributed by atoms with Crippen LogP contribution in [-0.4, -0.2) is 50.0 Å². The number of benzene rings is 1. The molecule has 7 nitrogen and oxygen atoms in total. The second-order valence-corrected chi connectivity index (χ2v) is 9.34. The lowest BCUT2D eigenvalue weighted by Gasteiger charge is -2.42. The fraction of sp³-hybridized carbons (Fsp3) is 0.652. The fourth-order valence-electron chi connectivity index (χ4n) is 4.44. The summed E-state index contributed by atoms with van der Waals surface area (Å²) < 4.78 is 30.3. The highest BCUT2D eigenvalue weighted by atomic mass is 19.1. The zero-order valence-corrected chi connectivity index (χ0v) is 19.0. The molecular weight excluding hydrogens is 403 g/mol. The molecule has 0 bridgehead atoms. The Hall–Kier alpha value is -2.51. The quantitative estimate of drug-likeness (QED) is 0.710. The van der Waals surface area contributed by atoms with E-state index >= 15 is 0 Å². The zero-order valence-electron chi connectivity index (χ0n) is 19.0. The lowest BCUT2D eigenvalue weighted by atomic mass is 9.81. The molecule has 0 unspecified atom stereocenters. The highest BCUT2D eigenvalue weighted by Gasteiger charge is 2.33. The van der Waals surface area contributed by atoms with Gasteiger partial charge in [0.05, 0.1) is 24.9 Å². The van der Waals surface area contributed by atoms with E-state index < -0.39 is 17.4 Å². The molecule has 1 fully saturated rings. The summed E-state index contributed by atoms with van der Waals surface area (Å²) >= 11 is 0. The number of carbonyl (C=O) groups is 2. The van der Waals surface area contributed by atoms with Gasteiger partial charge in [-0.3, -0.25) is 0 Å². The van der Waals surface area contributed by atoms with E-state index in [0.717, 1.165) is 31.7 Å². The minimum absolute atomic E-state index is 0.0960. The van der Waals surface area contributed by atoms with Crippen molar-refractivity contribution < 1.29 is 28.2 Å². The van der Waals surface area contributed by atoms with E-state index in [1.807, 2.05) is 20.8 Å². The Labute approximate surface area is 183 Å². The van der Waals surface area contributed by atoms with Gasteiger partial charge in [0.25, 0.3) is 0 Å². The van der Waals surface area contributed by atoms with E-state index in [-0.39, 0.29) is 29.5 Å². The van der Waals surface area contributed by atoms with Gasteiger partial charge in [0.2, 0.25) is 0 Å². The van der Waals surface area contributed by atoms with Gasteiger partial charge in [-0.05, 0) is 71.4 Å². The number of carbonyl (C=O) groups excluding carboxylic acids is 2. The van der Waals surface area contributed by atoms with Crippen molar-refractivity contribution in [3.63, 3.8) is 0 Å². The van der Waals surface area contributed by atoms with Crippen LogP contribution in [-0.2, 0) is 9.47 Å². The van der Waals surface area contributed by atoms with Crippen molar-refractivity contribution in [1.29, 1.82) is 0 Å². The lowest BCUT2D eigenvalue weighted by molar-refractivity contribution is 0.0484. The van der Waals surface area contributed by atoms with E-state index in [2.05, 4.69) is 17.1 Å². The molecule has 0 spiro atoms. The molecule has 8 heteroatoms. The number of esters is 1. The van der Waals surface area contributed by atoms with Crippen LogP contribution < -0.4 is 15.0 Å². The number of amides is 1. The van der Waals surface area contributed by atoms with Crippen LogP contribution >= 0.6 is 0 Å². The smallest absolute Gasteiger partial charge is 0.407 e. The Morgan fingerprint density at radius 1 is 1.23 bits per heavy atom. The fourth-order valence-corrected chi connectivity index (χ4v) is 4.44. The molecule has 1 amide bonds. The minimum atomic E-state index is -0.575. The molecule has 2 aliphatic rings. The third kappa shape index (κ3) is 5.60. The zero-order chi connectivity index (χ0) is 22.8. The largest absolute Gasteiger partial charge is 0.486 e. The minimum Gasteiger partial charge on any atom is -0.486 e. The van der Waals surface area contributed by atoms with Gasteiger partial charge in [0.15, 0.2) is 11.6 Å². The first-order chi connectivity index (χ1) is 14.6. The molecule has 3 rings (SSSR count). The predicted octanol–water partition coefficient (Wildman–Crippen LogP) is 4.28. The predicted molar refractivity (Wildman–Crippen MR) is 115 cm³/mol. The first kappa shape index (κ1) is 23.2. The van der Waals surface area contributed by atoms with Crippen molar-refractivity contribution in [3.8, 4) is 5.75 Å². The summed E-state index contributed by atoms with van der Waals surface area (Å²) in [6.45, 7) is 8.68. The van der Waals surface area contributed by atoms with Gasteiger partial charge in [0.1, 0.15) is 12.2 Å². The Morgan fingerprint density at radius 2 is 1.90 bits per heavy atom. The Balaban J connectivity index is 1.66. The molecule has 1 aromatic rings. The summed E-state index contributed by atoms with van der Waals surface area (Å²) in [5.41, 5.74) is 0.248. The number of halogens is 1. The lowest BCUT2D eigenvalue weighted by Crippen LogP contribution is -2.47. The number of ether oxygens (including phenoxy) is 3. The molecule has 1 aromatic carbocycles. The molecule has 0 saturated heterocycles. The number of anilines is 1. The number of rotatable bonds is 4. The summed E-state index contributed by atoms with van der Waals surface area (Å²) in [5.74, 6) is -0.563. The second kappa shape index (κ2) is 9.32. The maximum Gasteiger partial charge on any atom is 0.407 e. The SMILES string of the molecule is COC(=O)c1cc(F)c2c(c1)N([C@@H](C)C1CCC(NC(=O)OC(C)(C)C)CC1)CCO2. The molecule has 1 aliphatic carbocycles. The first-order valence-corrected chi connectivity index (χ1v) is 10.9. The summed E-state index contributed by atoms with van der Waals surface area (Å²) in [7, 11) is 1.28. The van der Waals surface area contributed by atoms with Crippen LogP contribution in [0, 0.1) is 11.7 Å². The topological polar surface area (TPSA) is 77.1 Å². The van der Waals surface area contributed by atoms with Gasteiger partial charge in [0, 0.05) is 12.1 Å². The summed E-state index contributed by atoms with van der Waals surface area (Å²) in [4.78, 5) is 26.1. The van der Waals surface area contributed by atoms with Crippen molar-refractivity contribution in [2.75, 3.05) is 25.2 Å². The van der Waals surface area contributed by atoms with Gasteiger partial charge < -0.3 is 24.4 Å². The van der Waals surface area contributed by atoms with Gasteiger partial charge in [-0.2, -0.15) is 0 Å². The number of hydrogen-bond acceptors (Lipinski definition) is 6. The molecule has 1 N–H and O–H groups in total. The Morgan fingerprint density at radius 3 is 2.52 bits per heavy atom. The number of hydrogen-bond donors (Lipinski definition) is 1. The van der Waals surface area contributed by atoms with Crippen LogP contribution in [0.4, 0.5) is 14.9 Å². The van der Waals surface area contributed by atoms with Crippen LogP contribution in [0.3, 0.4) is 0 Å². The third-order valence-corrected chi connectivity index (χ3v) is 6.00. The maximum atomic E-state index is 14.6. The van der Waals surface area contributed by atoms with E-state index in [0.29, 0.717) is 24.8 Å². The third-order valence-electron chi connectivity index (χ3n) is 6.00. The Bertz CT molecular complexity index is 815. The molecule has 0 aromatic heterocycles. The van der Waals surface area contributed by atoms with Crippen molar-refractivity contribution in [2.24, 2.45) is 5.92 Å². The van der Waals surface area contributed by atoms with Crippen LogP contribution in [0.1, 0.15) is 63.7 Å². The molecular formula is C23H33FN2O5. The summed E-state index contributed by atoms with van der Waals surface area (Å²) in [6.07, 6.45) is 3.22. The average molecular weight is 437 g/mol. The highest BCUT2D eigenvalue weighted by Crippen LogP contribution is 2.39. The summed E-state index contributed by atoms with van der Waals surface area (Å²) in [6, 6.07) is 3.04. The molecule has 0 radical (unpaired) electrons. The monoisotopic (exact) mass is 436 g/mol. The van der Waals surface area contributed by atoms with E-state index in [1.54, 1.807) is 6.07 Å². The molecule has 1 saturated carbocycles. The molecule has 31 heavy (non-hydrogen) atoms. The van der Waals surface area contributed by atoms with Gasteiger partial charge >= 0.3 is 12.1 Å². The van der Waals surface area contributed by atoms with Crippen LogP contribution in [0.2, 0.25) is 0 Å². The second-order valence-electron chi connectivity index (χ2n) is 9.34. The normalized spacial score (nSPS) is 22.1. The van der Waals surface area contributed by atoms with Crippen LogP contribution in [0.15, 0.2) is 12.1 Å². The van der Waals surface area contributed by atoms with E-state index in [9.17, 15) is 14.0 Å². The standard InChI is InChI=1S/C23H33FN2O5/c1-14(15-6-8-17(9-7-15)25-22(28)31-23(2,3)4)26-10-11-30-20-18(24)12-16(13-19(20)26)21(27)29-5/h12-15,17H,6-11H2,1-5H3,(H,25,28)/t14-,15?,17?/m0/s1. The maximum absolute atomic E-state index is 14.6. The number of methoxy groups -OCH3 is 1. The van der Waals surface area contributed by atoms with Crippen molar-refractivity contribution in [2.45, 2.75) is 71.1 Å². The number of nitrogens with one attached hydrogen (secondary N) is 1. The summed E-state index contributed by atoms with van der Waals surface area (Å²) in [5, 5.41) is 2.97. The van der Waals surface area contributed by atoms with E-state index in [4.69, 9.17) is 14.2 Å². The van der Waals surface area contributed by atoms with Gasteiger partial charge in [-0.25, -0.2) is 14.0 Å². The molecule has 1 atom stereocenters. The average Bonchev–Trinajstić information content (AvgIpc) is 2.71. The van der Waals surface area contributed by atoms with Crippen molar-refractivity contribution in [3.05, 3.63) is 23.5 Å². The van der Waals surface area contributed by atoms with Gasteiger partial charge in [-0.15, -0.1) is 0 Å². The number of alkyl carbamates (subject to hydrolysis) is 1. The van der Waals surface area contributed by atoms with Gasteiger partial charge in [-0.1, -0.05) is 0 Å². The highest BCUT2D eigenvalue weighted by molar-refractivity contribution is 5.91. The van der Waals surface area contributed by atoms with E-state index in [1.165, 1.54) is 7.11 Å². The van der Waals surface area contributed by atoms with Crippen LogP contribution in [0.25, 0.3) is 0 Å². The van der Waals surface area contributed by atoms with Crippen molar-refractivity contribution >= 4 is 17.7 Å². The molecule has 172 valence electrons. The molecule has 1 heterocycles. The van der Waals surface area contributed by atoms with Crippen molar-refractivity contribution in [1.82, 2.24) is 5.32 Å². The Kier molecular flexibility index (Phi) is 6.96. The number of nitrogens with zero attached hydrogens (tertiary/aromatic N) is 1. The molecule has 1 aliphatic heterocycles. The first-order valence-electron chi connectivity index (χ1n) is 10.9.